The van der Waals surface area contributed by atoms with Crippen molar-refractivity contribution in [1.82, 2.24) is 4.98 Å². The third kappa shape index (κ3) is 4.06. The van der Waals surface area contributed by atoms with E-state index in [1.165, 1.54) is 18.3 Å². The summed E-state index contributed by atoms with van der Waals surface area (Å²) < 4.78 is 44.2. The molecule has 4 rings (SSSR count). The van der Waals surface area contributed by atoms with Gasteiger partial charge in [0.15, 0.2) is 6.61 Å². The monoisotopic (exact) mass is 446 g/mol. The summed E-state index contributed by atoms with van der Waals surface area (Å²) in [6.07, 6.45) is -3.16. The summed E-state index contributed by atoms with van der Waals surface area (Å²) in [7, 11) is 0. The molecule has 1 heterocycles. The number of carbonyl (C=O) groups excluding carboxylic acids is 2. The Hall–Kier alpha value is -3.52. The molecule has 3 aromatic carbocycles. The van der Waals surface area contributed by atoms with Crippen molar-refractivity contribution in [2.24, 2.45) is 5.73 Å². The average Bonchev–Trinajstić information content (AvgIpc) is 3.14. The van der Waals surface area contributed by atoms with Crippen molar-refractivity contribution in [3.63, 3.8) is 0 Å². The molecular weight excluding hydrogens is 433 g/mol. The van der Waals surface area contributed by atoms with Gasteiger partial charge in [-0.15, -0.1) is 0 Å². The number of halogens is 4. The van der Waals surface area contributed by atoms with Crippen LogP contribution in [0.1, 0.15) is 26.3 Å². The van der Waals surface area contributed by atoms with Gasteiger partial charge in [-0.3, -0.25) is 9.59 Å². The van der Waals surface area contributed by atoms with Gasteiger partial charge in [0.2, 0.25) is 5.78 Å². The molecule has 0 unspecified atom stereocenters. The number of aromatic nitrogens is 1. The van der Waals surface area contributed by atoms with Crippen LogP contribution in [0.25, 0.3) is 21.7 Å². The van der Waals surface area contributed by atoms with Crippen LogP contribution in [0.2, 0.25) is 5.02 Å². The maximum absolute atomic E-state index is 12.9. The minimum atomic E-state index is -4.49. The van der Waals surface area contributed by atoms with Gasteiger partial charge in [0.1, 0.15) is 5.75 Å². The molecule has 0 saturated heterocycles. The number of primary amides is 1. The summed E-state index contributed by atoms with van der Waals surface area (Å²) in [6, 6.07) is 11.2. The lowest BCUT2D eigenvalue weighted by molar-refractivity contribution is -0.137. The largest absolute Gasteiger partial charge is 0.485 e. The Morgan fingerprint density at radius 1 is 1.00 bits per heavy atom. The summed E-state index contributed by atoms with van der Waals surface area (Å²) in [6.45, 7) is -0.437. The van der Waals surface area contributed by atoms with E-state index in [-0.39, 0.29) is 22.4 Å². The second-order valence-corrected chi connectivity index (χ2v) is 7.31. The first-order chi connectivity index (χ1) is 14.6. The Morgan fingerprint density at radius 3 is 2.48 bits per heavy atom. The molecule has 4 aromatic rings. The highest BCUT2D eigenvalue weighted by molar-refractivity contribution is 6.31. The van der Waals surface area contributed by atoms with E-state index in [1.54, 1.807) is 24.3 Å². The maximum atomic E-state index is 12.9. The van der Waals surface area contributed by atoms with E-state index >= 15 is 0 Å². The second-order valence-electron chi connectivity index (χ2n) is 6.88. The Labute approximate surface area is 178 Å². The van der Waals surface area contributed by atoms with Gasteiger partial charge >= 0.3 is 6.18 Å². The number of ether oxygens (including phenoxy) is 1. The number of benzene rings is 3. The number of alkyl halides is 3. The standard InChI is InChI=1S/C22H14ClF3N2O3/c23-14-3-1-11-7-20(16(21(27)30)6-12(11)5-14)31-10-19(29)17-9-28-18-8-13(22(24,25)26)2-4-15(17)18/h1-9,28H,10H2,(H2,27,30). The number of nitrogens with one attached hydrogen (secondary N) is 1. The van der Waals surface area contributed by atoms with Crippen molar-refractivity contribution < 1.29 is 27.5 Å². The van der Waals surface area contributed by atoms with E-state index in [0.717, 1.165) is 17.5 Å². The zero-order chi connectivity index (χ0) is 22.3. The predicted octanol–water partition coefficient (Wildman–Crippen LogP) is 5.35. The number of aromatic amines is 1. The van der Waals surface area contributed by atoms with E-state index in [4.69, 9.17) is 22.1 Å². The fourth-order valence-electron chi connectivity index (χ4n) is 3.31. The minimum absolute atomic E-state index is 0.0799. The zero-order valence-corrected chi connectivity index (χ0v) is 16.5. The Morgan fingerprint density at radius 2 is 1.77 bits per heavy atom. The van der Waals surface area contributed by atoms with Gasteiger partial charge in [0.05, 0.1) is 11.1 Å². The molecule has 158 valence electrons. The van der Waals surface area contributed by atoms with Gasteiger partial charge < -0.3 is 15.5 Å². The number of H-pyrrole nitrogens is 1. The third-order valence-corrected chi connectivity index (χ3v) is 5.07. The lowest BCUT2D eigenvalue weighted by Crippen LogP contribution is -2.16. The molecule has 0 bridgehead atoms. The summed E-state index contributed by atoms with van der Waals surface area (Å²) in [5.74, 6) is -1.09. The number of amides is 1. The van der Waals surface area contributed by atoms with Crippen LogP contribution in [-0.4, -0.2) is 23.3 Å². The zero-order valence-electron chi connectivity index (χ0n) is 15.7. The summed E-state index contributed by atoms with van der Waals surface area (Å²) in [4.78, 5) is 27.2. The molecule has 0 aliphatic rings. The van der Waals surface area contributed by atoms with Crippen LogP contribution < -0.4 is 10.5 Å². The smallest absolute Gasteiger partial charge is 0.416 e. The molecule has 0 aliphatic carbocycles. The van der Waals surface area contributed by atoms with Crippen LogP contribution in [0.5, 0.6) is 5.75 Å². The van der Waals surface area contributed by atoms with E-state index in [9.17, 15) is 22.8 Å². The Kier molecular flexibility index (Phi) is 5.10. The summed E-state index contributed by atoms with van der Waals surface area (Å²) in [5, 5.41) is 2.23. The average molecular weight is 447 g/mol. The lowest BCUT2D eigenvalue weighted by Gasteiger charge is -2.11. The minimum Gasteiger partial charge on any atom is -0.485 e. The molecular formula is C22H14ClF3N2O3. The number of fused-ring (bicyclic) bond motifs is 2. The molecule has 0 aliphatic heterocycles. The SMILES string of the molecule is NC(=O)c1cc2cc(Cl)ccc2cc1OCC(=O)c1c[nH]c2cc(C(F)(F)F)ccc12. The first kappa shape index (κ1) is 20.7. The Balaban J connectivity index is 1.61. The van der Waals surface area contributed by atoms with E-state index in [1.807, 2.05) is 0 Å². The van der Waals surface area contributed by atoms with Crippen LogP contribution in [0.3, 0.4) is 0 Å². The van der Waals surface area contributed by atoms with Crippen molar-refractivity contribution in [2.45, 2.75) is 6.18 Å². The maximum Gasteiger partial charge on any atom is 0.416 e. The molecule has 9 heteroatoms. The first-order valence-corrected chi connectivity index (χ1v) is 9.39. The van der Waals surface area contributed by atoms with Crippen LogP contribution in [0.15, 0.2) is 54.7 Å². The highest BCUT2D eigenvalue weighted by Gasteiger charge is 2.31. The molecule has 1 aromatic heterocycles. The first-order valence-electron chi connectivity index (χ1n) is 9.01. The number of hydrogen-bond acceptors (Lipinski definition) is 3. The number of rotatable bonds is 5. The quantitative estimate of drug-likeness (QED) is 0.405. The fraction of sp³-hybridized carbons (Fsp3) is 0.0909. The number of ketones is 1. The van der Waals surface area contributed by atoms with Gasteiger partial charge in [-0.1, -0.05) is 23.7 Å². The predicted molar refractivity (Wildman–Crippen MR) is 111 cm³/mol. The molecule has 31 heavy (non-hydrogen) atoms. The van der Waals surface area contributed by atoms with E-state index < -0.39 is 30.0 Å². The van der Waals surface area contributed by atoms with Crippen molar-refractivity contribution >= 4 is 45.0 Å². The highest BCUT2D eigenvalue weighted by atomic mass is 35.5. The highest BCUT2D eigenvalue weighted by Crippen LogP contribution is 2.32. The normalized spacial score (nSPS) is 11.7. The third-order valence-electron chi connectivity index (χ3n) is 4.83. The molecule has 0 atom stereocenters. The lowest BCUT2D eigenvalue weighted by atomic mass is 10.1. The van der Waals surface area contributed by atoms with Crippen molar-refractivity contribution in [1.29, 1.82) is 0 Å². The van der Waals surface area contributed by atoms with Crippen LogP contribution in [0.4, 0.5) is 13.2 Å². The van der Waals surface area contributed by atoms with Crippen molar-refractivity contribution in [3.05, 3.63) is 76.4 Å². The molecule has 0 fully saturated rings. The van der Waals surface area contributed by atoms with Gasteiger partial charge in [-0.05, 0) is 47.2 Å². The summed E-state index contributed by atoms with van der Waals surface area (Å²) >= 11 is 5.98. The van der Waals surface area contributed by atoms with Crippen molar-refractivity contribution in [3.8, 4) is 5.75 Å². The number of nitrogens with two attached hydrogens (primary N) is 1. The molecule has 0 spiro atoms. The number of Topliss-reactive ketones (excluding diaryl/α,β-unsaturated/α-hetero) is 1. The van der Waals surface area contributed by atoms with Gasteiger partial charge in [-0.2, -0.15) is 13.2 Å². The Bertz CT molecular complexity index is 1350. The van der Waals surface area contributed by atoms with Crippen LogP contribution in [-0.2, 0) is 6.18 Å². The van der Waals surface area contributed by atoms with Gasteiger partial charge in [0.25, 0.3) is 5.91 Å². The van der Waals surface area contributed by atoms with Gasteiger partial charge in [-0.25, -0.2) is 0 Å². The van der Waals surface area contributed by atoms with Crippen molar-refractivity contribution in [2.75, 3.05) is 6.61 Å². The fourth-order valence-corrected chi connectivity index (χ4v) is 3.49. The summed E-state index contributed by atoms with van der Waals surface area (Å²) in [5.41, 5.74) is 5.05. The van der Waals surface area contributed by atoms with Crippen LogP contribution >= 0.6 is 11.6 Å². The second kappa shape index (κ2) is 7.63. The molecule has 1 amide bonds. The van der Waals surface area contributed by atoms with E-state index in [2.05, 4.69) is 4.98 Å². The molecule has 0 radical (unpaired) electrons. The van der Waals surface area contributed by atoms with E-state index in [0.29, 0.717) is 15.8 Å². The van der Waals surface area contributed by atoms with Gasteiger partial charge in [0, 0.05) is 27.7 Å². The topological polar surface area (TPSA) is 85.2 Å². The number of hydrogen-bond donors (Lipinski definition) is 2. The molecule has 0 saturated carbocycles. The number of carbonyl (C=O) groups is 2. The molecule has 5 nitrogen and oxygen atoms in total. The van der Waals surface area contributed by atoms with Crippen LogP contribution in [0, 0.1) is 0 Å². The molecule has 3 N–H and O–H groups in total.